The van der Waals surface area contributed by atoms with E-state index in [9.17, 15) is 13.2 Å². The third-order valence-corrected chi connectivity index (χ3v) is 1.49. The highest BCUT2D eigenvalue weighted by molar-refractivity contribution is 7.86. The standard InChI is InChI=1S/C4H10O3S.C3H7NO2/c1-4(2)7-8(3,5)6;1-2(4)3(5)6/h4H,1-3H3;2H,4H2,1H3,(H,5,6)/t;2-/m.0/s1. The number of carboxylic acids is 1. The molecule has 0 radical (unpaired) electrons. The van der Waals surface area contributed by atoms with Gasteiger partial charge in [0, 0.05) is 0 Å². The van der Waals surface area contributed by atoms with Gasteiger partial charge in [-0.3, -0.25) is 8.98 Å². The Hall–Kier alpha value is -0.660. The molecule has 7 heteroatoms. The number of rotatable bonds is 3. The number of carboxylic acid groups (broad SMARTS) is 1. The first-order valence-electron chi connectivity index (χ1n) is 3.93. The van der Waals surface area contributed by atoms with E-state index in [1.165, 1.54) is 6.92 Å². The molecule has 0 aromatic rings. The molecular formula is C7H17NO5S. The Morgan fingerprint density at radius 3 is 1.64 bits per heavy atom. The molecule has 0 bridgehead atoms. The van der Waals surface area contributed by atoms with Crippen molar-refractivity contribution in [3.8, 4) is 0 Å². The van der Waals surface area contributed by atoms with Crippen LogP contribution in [0.3, 0.4) is 0 Å². The van der Waals surface area contributed by atoms with E-state index in [-0.39, 0.29) is 6.10 Å². The summed E-state index contributed by atoms with van der Waals surface area (Å²) in [6, 6.07) is -0.731. The van der Waals surface area contributed by atoms with Crippen LogP contribution < -0.4 is 5.73 Å². The van der Waals surface area contributed by atoms with Crippen LogP contribution in [-0.2, 0) is 19.1 Å². The molecule has 0 aromatic heterocycles. The van der Waals surface area contributed by atoms with Gasteiger partial charge in [-0.15, -0.1) is 0 Å². The van der Waals surface area contributed by atoms with Gasteiger partial charge < -0.3 is 10.8 Å². The highest BCUT2D eigenvalue weighted by Crippen LogP contribution is 1.93. The van der Waals surface area contributed by atoms with Gasteiger partial charge in [0.05, 0.1) is 12.4 Å². The summed E-state index contributed by atoms with van der Waals surface area (Å²) in [6.07, 6.45) is 0.789. The molecule has 3 N–H and O–H groups in total. The minimum absolute atomic E-state index is 0.245. The van der Waals surface area contributed by atoms with Gasteiger partial charge in [0.1, 0.15) is 6.04 Å². The van der Waals surface area contributed by atoms with Gasteiger partial charge in [-0.1, -0.05) is 0 Å². The van der Waals surface area contributed by atoms with Crippen molar-refractivity contribution in [2.75, 3.05) is 6.26 Å². The highest BCUT2D eigenvalue weighted by atomic mass is 32.2. The fourth-order valence-electron chi connectivity index (χ4n) is 0.350. The van der Waals surface area contributed by atoms with Crippen molar-refractivity contribution in [1.82, 2.24) is 0 Å². The molecule has 14 heavy (non-hydrogen) atoms. The fourth-order valence-corrected chi connectivity index (χ4v) is 1.05. The number of carbonyl (C=O) groups is 1. The van der Waals surface area contributed by atoms with Gasteiger partial charge in [0.25, 0.3) is 10.1 Å². The molecule has 0 amide bonds. The van der Waals surface area contributed by atoms with Crippen LogP contribution in [0.2, 0.25) is 0 Å². The molecule has 0 aromatic carbocycles. The summed E-state index contributed by atoms with van der Waals surface area (Å²) in [5, 5.41) is 7.87. The molecule has 86 valence electrons. The molecule has 0 aliphatic rings. The van der Waals surface area contributed by atoms with E-state index >= 15 is 0 Å². The van der Waals surface area contributed by atoms with Crippen molar-refractivity contribution in [1.29, 1.82) is 0 Å². The average molecular weight is 227 g/mol. The van der Waals surface area contributed by atoms with E-state index in [1.807, 2.05) is 0 Å². The van der Waals surface area contributed by atoms with Gasteiger partial charge in [-0.25, -0.2) is 0 Å². The van der Waals surface area contributed by atoms with E-state index < -0.39 is 22.1 Å². The van der Waals surface area contributed by atoms with Crippen LogP contribution in [0.25, 0.3) is 0 Å². The lowest BCUT2D eigenvalue weighted by Gasteiger charge is -2.01. The highest BCUT2D eigenvalue weighted by Gasteiger charge is 2.02. The van der Waals surface area contributed by atoms with Crippen LogP contribution in [-0.4, -0.2) is 37.9 Å². The van der Waals surface area contributed by atoms with Crippen LogP contribution >= 0.6 is 0 Å². The van der Waals surface area contributed by atoms with Gasteiger partial charge in [0.2, 0.25) is 0 Å². The van der Waals surface area contributed by atoms with Crippen LogP contribution in [0.4, 0.5) is 0 Å². The largest absolute Gasteiger partial charge is 0.480 e. The topological polar surface area (TPSA) is 107 Å². The van der Waals surface area contributed by atoms with Crippen molar-refractivity contribution in [3.05, 3.63) is 0 Å². The van der Waals surface area contributed by atoms with E-state index in [2.05, 4.69) is 4.18 Å². The zero-order chi connectivity index (χ0) is 11.9. The van der Waals surface area contributed by atoms with Crippen molar-refractivity contribution < 1.29 is 22.5 Å². The molecule has 0 spiro atoms. The summed E-state index contributed by atoms with van der Waals surface area (Å²) in [7, 11) is -3.22. The quantitative estimate of drug-likeness (QED) is 0.646. The third kappa shape index (κ3) is 17.4. The summed E-state index contributed by atoms with van der Waals surface area (Å²) in [5.41, 5.74) is 4.84. The lowest BCUT2D eigenvalue weighted by Crippen LogP contribution is -2.25. The third-order valence-electron chi connectivity index (χ3n) is 0.757. The zero-order valence-electron chi connectivity index (χ0n) is 8.72. The Morgan fingerprint density at radius 2 is 1.64 bits per heavy atom. The predicted molar refractivity (Wildman–Crippen MR) is 52.4 cm³/mol. The molecule has 0 fully saturated rings. The Balaban J connectivity index is 0. The lowest BCUT2D eigenvalue weighted by atomic mass is 10.4. The second-order valence-corrected chi connectivity index (χ2v) is 4.58. The lowest BCUT2D eigenvalue weighted by molar-refractivity contribution is -0.138. The maximum Gasteiger partial charge on any atom is 0.320 e. The maximum atomic E-state index is 10.2. The van der Waals surface area contributed by atoms with Gasteiger partial charge in [-0.2, -0.15) is 8.42 Å². The molecule has 6 nitrogen and oxygen atoms in total. The summed E-state index contributed by atoms with van der Waals surface area (Å²) in [4.78, 5) is 9.57. The van der Waals surface area contributed by atoms with Crippen molar-refractivity contribution in [2.45, 2.75) is 32.9 Å². The van der Waals surface area contributed by atoms with Crippen molar-refractivity contribution in [3.63, 3.8) is 0 Å². The minimum Gasteiger partial charge on any atom is -0.480 e. The Morgan fingerprint density at radius 1 is 1.36 bits per heavy atom. The second-order valence-electron chi connectivity index (χ2n) is 2.98. The first-order valence-corrected chi connectivity index (χ1v) is 5.74. The SMILES string of the molecule is CC(C)OS(C)(=O)=O.C[C@H](N)C(=O)O. The average Bonchev–Trinajstić information content (AvgIpc) is 1.81. The first-order chi connectivity index (χ1) is 6.06. The number of aliphatic carboxylic acids is 1. The van der Waals surface area contributed by atoms with Crippen molar-refractivity contribution in [2.24, 2.45) is 5.73 Å². The molecule has 0 aliphatic heterocycles. The minimum atomic E-state index is -3.22. The number of hydrogen-bond acceptors (Lipinski definition) is 5. The zero-order valence-corrected chi connectivity index (χ0v) is 9.54. The number of hydrogen-bond donors (Lipinski definition) is 2. The van der Waals surface area contributed by atoms with Crippen LogP contribution in [0.5, 0.6) is 0 Å². The predicted octanol–water partition coefficient (Wildman–Crippen LogP) is -0.211. The van der Waals surface area contributed by atoms with Gasteiger partial charge >= 0.3 is 5.97 Å². The van der Waals surface area contributed by atoms with Crippen LogP contribution in [0.1, 0.15) is 20.8 Å². The molecule has 0 saturated carbocycles. The molecule has 1 atom stereocenters. The summed E-state index contributed by atoms with van der Waals surface area (Å²) >= 11 is 0. The van der Waals surface area contributed by atoms with Crippen molar-refractivity contribution >= 4 is 16.1 Å². The molecule has 0 heterocycles. The Labute approximate surface area is 84.2 Å². The number of nitrogens with two attached hydrogens (primary N) is 1. The van der Waals surface area contributed by atoms with Crippen LogP contribution in [0, 0.1) is 0 Å². The van der Waals surface area contributed by atoms with E-state index in [0.717, 1.165) is 6.26 Å². The normalized spacial score (nSPS) is 13.0. The Kier molecular flexibility index (Phi) is 7.61. The molecular weight excluding hydrogens is 210 g/mol. The molecule has 0 unspecified atom stereocenters. The second kappa shape index (κ2) is 6.74. The van der Waals surface area contributed by atoms with E-state index in [4.69, 9.17) is 10.8 Å². The summed E-state index contributed by atoms with van der Waals surface area (Å²) in [6.45, 7) is 4.75. The molecule has 0 aliphatic carbocycles. The first kappa shape index (κ1) is 15.8. The molecule has 0 rings (SSSR count). The van der Waals surface area contributed by atoms with E-state index in [0.29, 0.717) is 0 Å². The van der Waals surface area contributed by atoms with Gasteiger partial charge in [-0.05, 0) is 20.8 Å². The smallest absolute Gasteiger partial charge is 0.320 e. The molecule has 0 saturated heterocycles. The fraction of sp³-hybridized carbons (Fsp3) is 0.857. The van der Waals surface area contributed by atoms with Gasteiger partial charge in [0.15, 0.2) is 0 Å². The monoisotopic (exact) mass is 227 g/mol. The maximum absolute atomic E-state index is 10.2. The van der Waals surface area contributed by atoms with E-state index in [1.54, 1.807) is 13.8 Å². The summed E-state index contributed by atoms with van der Waals surface area (Å²) in [5.74, 6) is -0.963. The Bertz CT molecular complexity index is 257. The summed E-state index contributed by atoms with van der Waals surface area (Å²) < 4.78 is 24.8. The van der Waals surface area contributed by atoms with Crippen LogP contribution in [0.15, 0.2) is 0 Å².